The Bertz CT molecular complexity index is 131. The number of hydrogen-bond acceptors (Lipinski definition) is 4. The Morgan fingerprint density at radius 1 is 1.67 bits per heavy atom. The summed E-state index contributed by atoms with van der Waals surface area (Å²) in [6.07, 6.45) is -0.371. The highest BCUT2D eigenvalue weighted by molar-refractivity contribution is 4.82. The van der Waals surface area contributed by atoms with Crippen LogP contribution in [0.25, 0.3) is 0 Å². The van der Waals surface area contributed by atoms with Crippen molar-refractivity contribution >= 4 is 0 Å². The SMILES string of the molecule is COCC(C)NC1COCC1O. The largest absolute Gasteiger partial charge is 0.389 e. The molecule has 1 fully saturated rings. The van der Waals surface area contributed by atoms with Crippen LogP contribution >= 0.6 is 0 Å². The zero-order valence-electron chi connectivity index (χ0n) is 7.62. The van der Waals surface area contributed by atoms with Crippen LogP contribution in [-0.2, 0) is 9.47 Å². The molecular weight excluding hydrogens is 158 g/mol. The predicted octanol–water partition coefficient (Wildman–Crippen LogP) is -0.629. The molecule has 0 bridgehead atoms. The van der Waals surface area contributed by atoms with Crippen LogP contribution in [-0.4, -0.2) is 50.2 Å². The zero-order valence-corrected chi connectivity index (χ0v) is 7.62. The average Bonchev–Trinajstić information content (AvgIpc) is 2.37. The fourth-order valence-electron chi connectivity index (χ4n) is 1.37. The summed E-state index contributed by atoms with van der Waals surface area (Å²) in [5, 5.41) is 12.6. The van der Waals surface area contributed by atoms with Crippen LogP contribution in [0.5, 0.6) is 0 Å². The van der Waals surface area contributed by atoms with Crippen molar-refractivity contribution in [2.45, 2.75) is 25.1 Å². The summed E-state index contributed by atoms with van der Waals surface area (Å²) in [4.78, 5) is 0. The lowest BCUT2D eigenvalue weighted by Crippen LogP contribution is -2.45. The molecule has 0 aromatic heterocycles. The van der Waals surface area contributed by atoms with E-state index in [1.165, 1.54) is 0 Å². The Hall–Kier alpha value is -0.160. The summed E-state index contributed by atoms with van der Waals surface area (Å²) in [5.41, 5.74) is 0. The third-order valence-corrected chi connectivity index (χ3v) is 1.97. The molecule has 0 aromatic rings. The summed E-state index contributed by atoms with van der Waals surface area (Å²) in [6, 6.07) is 0.325. The van der Waals surface area contributed by atoms with Crippen LogP contribution in [0, 0.1) is 0 Å². The van der Waals surface area contributed by atoms with Gasteiger partial charge in [-0.3, -0.25) is 0 Å². The molecule has 2 N–H and O–H groups in total. The van der Waals surface area contributed by atoms with Crippen molar-refractivity contribution in [3.63, 3.8) is 0 Å². The molecule has 72 valence electrons. The Kier molecular flexibility index (Phi) is 3.94. The van der Waals surface area contributed by atoms with Crippen molar-refractivity contribution in [2.75, 3.05) is 26.9 Å². The summed E-state index contributed by atoms with van der Waals surface area (Å²) >= 11 is 0. The van der Waals surface area contributed by atoms with Gasteiger partial charge in [-0.15, -0.1) is 0 Å². The second-order valence-electron chi connectivity index (χ2n) is 3.23. The van der Waals surface area contributed by atoms with Crippen LogP contribution in [0.4, 0.5) is 0 Å². The van der Waals surface area contributed by atoms with Gasteiger partial charge in [0.15, 0.2) is 0 Å². The first-order valence-corrected chi connectivity index (χ1v) is 4.25. The van der Waals surface area contributed by atoms with Gasteiger partial charge in [0.05, 0.1) is 32.0 Å². The third-order valence-electron chi connectivity index (χ3n) is 1.97. The number of aliphatic hydroxyl groups excluding tert-OH is 1. The van der Waals surface area contributed by atoms with Crippen molar-refractivity contribution < 1.29 is 14.6 Å². The lowest BCUT2D eigenvalue weighted by atomic mass is 10.2. The molecule has 1 heterocycles. The molecule has 3 atom stereocenters. The highest BCUT2D eigenvalue weighted by Crippen LogP contribution is 2.05. The van der Waals surface area contributed by atoms with E-state index in [0.29, 0.717) is 19.8 Å². The van der Waals surface area contributed by atoms with Gasteiger partial charge in [0.1, 0.15) is 0 Å². The maximum Gasteiger partial charge on any atom is 0.0948 e. The first kappa shape index (κ1) is 9.92. The van der Waals surface area contributed by atoms with Crippen molar-refractivity contribution in [3.05, 3.63) is 0 Å². The first-order chi connectivity index (χ1) is 5.74. The Balaban J connectivity index is 2.20. The molecule has 4 heteroatoms. The van der Waals surface area contributed by atoms with Crippen molar-refractivity contribution in [3.8, 4) is 0 Å². The molecule has 12 heavy (non-hydrogen) atoms. The smallest absolute Gasteiger partial charge is 0.0948 e. The fourth-order valence-corrected chi connectivity index (χ4v) is 1.37. The molecule has 0 saturated carbocycles. The number of rotatable bonds is 4. The van der Waals surface area contributed by atoms with Gasteiger partial charge >= 0.3 is 0 Å². The summed E-state index contributed by atoms with van der Waals surface area (Å²) in [6.45, 7) is 3.71. The van der Waals surface area contributed by atoms with Crippen molar-refractivity contribution in [1.82, 2.24) is 5.32 Å². The van der Waals surface area contributed by atoms with Gasteiger partial charge < -0.3 is 19.9 Å². The van der Waals surface area contributed by atoms with E-state index in [4.69, 9.17) is 9.47 Å². The van der Waals surface area contributed by atoms with Crippen molar-refractivity contribution in [2.24, 2.45) is 0 Å². The topological polar surface area (TPSA) is 50.7 Å². The number of hydrogen-bond donors (Lipinski definition) is 2. The van der Waals surface area contributed by atoms with E-state index in [2.05, 4.69) is 5.32 Å². The molecular formula is C8H17NO3. The van der Waals surface area contributed by atoms with Gasteiger partial charge in [-0.2, -0.15) is 0 Å². The molecule has 3 unspecified atom stereocenters. The van der Waals surface area contributed by atoms with Crippen LogP contribution in [0.2, 0.25) is 0 Å². The molecule has 1 aliphatic rings. The van der Waals surface area contributed by atoms with E-state index in [1.807, 2.05) is 6.92 Å². The van der Waals surface area contributed by atoms with Gasteiger partial charge in [-0.25, -0.2) is 0 Å². The van der Waals surface area contributed by atoms with E-state index < -0.39 is 0 Å². The predicted molar refractivity (Wildman–Crippen MR) is 45.1 cm³/mol. The molecule has 0 aromatic carbocycles. The van der Waals surface area contributed by atoms with Crippen molar-refractivity contribution in [1.29, 1.82) is 0 Å². The van der Waals surface area contributed by atoms with Crippen LogP contribution < -0.4 is 5.32 Å². The van der Waals surface area contributed by atoms with Gasteiger partial charge in [0, 0.05) is 13.2 Å². The Morgan fingerprint density at radius 2 is 2.42 bits per heavy atom. The minimum atomic E-state index is -0.371. The second-order valence-corrected chi connectivity index (χ2v) is 3.23. The van der Waals surface area contributed by atoms with Crippen LogP contribution in [0.3, 0.4) is 0 Å². The highest BCUT2D eigenvalue weighted by Gasteiger charge is 2.26. The molecule has 1 aliphatic heterocycles. The molecule has 4 nitrogen and oxygen atoms in total. The molecule has 1 saturated heterocycles. The van der Waals surface area contributed by atoms with Crippen LogP contribution in [0.1, 0.15) is 6.92 Å². The number of ether oxygens (including phenoxy) is 2. The van der Waals surface area contributed by atoms with Crippen LogP contribution in [0.15, 0.2) is 0 Å². The number of aliphatic hydroxyl groups is 1. The van der Waals surface area contributed by atoms with Gasteiger partial charge in [-0.05, 0) is 6.92 Å². The normalized spacial score (nSPS) is 32.2. The third kappa shape index (κ3) is 2.71. The summed E-state index contributed by atoms with van der Waals surface area (Å²) in [5.74, 6) is 0. The average molecular weight is 175 g/mol. The summed E-state index contributed by atoms with van der Waals surface area (Å²) < 4.78 is 10.1. The molecule has 0 aliphatic carbocycles. The van der Waals surface area contributed by atoms with Gasteiger partial charge in [-0.1, -0.05) is 0 Å². The highest BCUT2D eigenvalue weighted by atomic mass is 16.5. The Labute approximate surface area is 72.9 Å². The zero-order chi connectivity index (χ0) is 8.97. The first-order valence-electron chi connectivity index (χ1n) is 4.25. The second kappa shape index (κ2) is 4.77. The lowest BCUT2D eigenvalue weighted by molar-refractivity contribution is 0.116. The van der Waals surface area contributed by atoms with E-state index >= 15 is 0 Å². The molecule has 0 amide bonds. The number of methoxy groups -OCH3 is 1. The standard InChI is InChI=1S/C8H17NO3/c1-6(3-11-2)9-7-4-12-5-8(7)10/h6-10H,3-5H2,1-2H3. The van der Waals surface area contributed by atoms with E-state index in [9.17, 15) is 5.11 Å². The van der Waals surface area contributed by atoms with E-state index in [1.54, 1.807) is 7.11 Å². The maximum atomic E-state index is 9.38. The minimum absolute atomic E-state index is 0.0650. The summed E-state index contributed by atoms with van der Waals surface area (Å²) in [7, 11) is 1.67. The molecule has 0 radical (unpaired) electrons. The van der Waals surface area contributed by atoms with Gasteiger partial charge in [0.25, 0.3) is 0 Å². The van der Waals surface area contributed by atoms with Gasteiger partial charge in [0.2, 0.25) is 0 Å². The fraction of sp³-hybridized carbons (Fsp3) is 1.00. The Morgan fingerprint density at radius 3 is 2.92 bits per heavy atom. The molecule has 0 spiro atoms. The number of nitrogens with one attached hydrogen (secondary N) is 1. The maximum absolute atomic E-state index is 9.38. The molecule has 1 rings (SSSR count). The van der Waals surface area contributed by atoms with E-state index in [-0.39, 0.29) is 18.2 Å². The monoisotopic (exact) mass is 175 g/mol. The minimum Gasteiger partial charge on any atom is -0.389 e. The van der Waals surface area contributed by atoms with E-state index in [0.717, 1.165) is 0 Å². The lowest BCUT2D eigenvalue weighted by Gasteiger charge is -2.19. The quantitative estimate of drug-likeness (QED) is 0.597.